The molecule has 2 rings (SSSR count). The highest BCUT2D eigenvalue weighted by Crippen LogP contribution is 2.32. The van der Waals surface area contributed by atoms with Crippen LogP contribution in [-0.2, 0) is 6.54 Å². The van der Waals surface area contributed by atoms with E-state index in [9.17, 15) is 4.79 Å². The molecule has 0 unspecified atom stereocenters. The van der Waals surface area contributed by atoms with E-state index >= 15 is 0 Å². The molecule has 0 spiro atoms. The van der Waals surface area contributed by atoms with Gasteiger partial charge < -0.3 is 15.4 Å². The molecule has 2 aromatic carbocycles. The summed E-state index contributed by atoms with van der Waals surface area (Å²) in [4.78, 5) is 11.9. The second kappa shape index (κ2) is 7.20. The van der Waals surface area contributed by atoms with E-state index in [-0.39, 0.29) is 6.03 Å². The maximum atomic E-state index is 11.9. The average Bonchev–Trinajstić information content (AvgIpc) is 2.47. The first-order chi connectivity index (χ1) is 10.1. The molecule has 2 amide bonds. The number of nitrogens with one attached hydrogen (secondary N) is 2. The lowest BCUT2D eigenvalue weighted by Crippen LogP contribution is -2.28. The predicted molar refractivity (Wildman–Crippen MR) is 85.3 cm³/mol. The van der Waals surface area contributed by atoms with E-state index in [1.165, 1.54) is 7.11 Å². The number of anilines is 1. The number of hydrogen-bond donors (Lipinski definition) is 2. The summed E-state index contributed by atoms with van der Waals surface area (Å²) in [6.45, 7) is 0.395. The van der Waals surface area contributed by atoms with E-state index in [2.05, 4.69) is 10.6 Å². The van der Waals surface area contributed by atoms with E-state index < -0.39 is 0 Å². The molecular formula is C15H14Cl2N2O2. The van der Waals surface area contributed by atoms with Gasteiger partial charge in [0.15, 0.2) is 5.75 Å². The topological polar surface area (TPSA) is 50.4 Å². The van der Waals surface area contributed by atoms with Crippen molar-refractivity contribution in [1.82, 2.24) is 5.32 Å². The van der Waals surface area contributed by atoms with Gasteiger partial charge in [0.2, 0.25) is 0 Å². The van der Waals surface area contributed by atoms with Gasteiger partial charge in [0.05, 0.1) is 17.8 Å². The monoisotopic (exact) mass is 324 g/mol. The Morgan fingerprint density at radius 2 is 1.86 bits per heavy atom. The number of carbonyl (C=O) groups is 1. The Morgan fingerprint density at radius 3 is 2.52 bits per heavy atom. The van der Waals surface area contributed by atoms with Crippen molar-refractivity contribution < 1.29 is 9.53 Å². The number of ether oxygens (including phenoxy) is 1. The van der Waals surface area contributed by atoms with Crippen LogP contribution in [0.2, 0.25) is 10.0 Å². The molecule has 6 heteroatoms. The van der Waals surface area contributed by atoms with Gasteiger partial charge >= 0.3 is 6.03 Å². The number of para-hydroxylation sites is 1. The zero-order valence-electron chi connectivity index (χ0n) is 11.3. The Kier molecular flexibility index (Phi) is 5.31. The Morgan fingerprint density at radius 1 is 1.14 bits per heavy atom. The van der Waals surface area contributed by atoms with Crippen LogP contribution in [-0.4, -0.2) is 13.1 Å². The van der Waals surface area contributed by atoms with E-state index in [0.29, 0.717) is 28.0 Å². The highest BCUT2D eigenvalue weighted by atomic mass is 35.5. The molecule has 4 nitrogen and oxygen atoms in total. The average molecular weight is 325 g/mol. The maximum absolute atomic E-state index is 11.9. The predicted octanol–water partition coefficient (Wildman–Crippen LogP) is 4.32. The van der Waals surface area contributed by atoms with Crippen molar-refractivity contribution in [2.75, 3.05) is 12.4 Å². The minimum absolute atomic E-state index is 0.342. The van der Waals surface area contributed by atoms with Gasteiger partial charge in [-0.15, -0.1) is 0 Å². The van der Waals surface area contributed by atoms with E-state index in [4.69, 9.17) is 27.9 Å². The van der Waals surface area contributed by atoms with Crippen LogP contribution in [0.5, 0.6) is 5.75 Å². The number of amides is 2. The van der Waals surface area contributed by atoms with Crippen LogP contribution in [0.15, 0.2) is 42.5 Å². The number of hydrogen-bond acceptors (Lipinski definition) is 2. The van der Waals surface area contributed by atoms with Crippen LogP contribution >= 0.6 is 23.2 Å². The van der Waals surface area contributed by atoms with Crippen molar-refractivity contribution in [2.24, 2.45) is 0 Å². The van der Waals surface area contributed by atoms with Crippen LogP contribution in [0.4, 0.5) is 10.5 Å². The molecule has 0 aromatic heterocycles. The van der Waals surface area contributed by atoms with Gasteiger partial charge in [-0.2, -0.15) is 0 Å². The van der Waals surface area contributed by atoms with Crippen molar-refractivity contribution >= 4 is 34.9 Å². The maximum Gasteiger partial charge on any atom is 0.319 e. The summed E-state index contributed by atoms with van der Waals surface area (Å²) in [6, 6.07) is 12.0. The molecule has 0 radical (unpaired) electrons. The fraction of sp³-hybridized carbons (Fsp3) is 0.133. The Hall–Kier alpha value is -1.91. The second-order valence-electron chi connectivity index (χ2n) is 4.25. The van der Waals surface area contributed by atoms with E-state index in [1.807, 2.05) is 12.1 Å². The largest absolute Gasteiger partial charge is 0.493 e. The van der Waals surface area contributed by atoms with Crippen LogP contribution < -0.4 is 15.4 Å². The summed E-state index contributed by atoms with van der Waals surface area (Å²) in [5, 5.41) is 6.54. The third-order valence-corrected chi connectivity index (χ3v) is 3.34. The summed E-state index contributed by atoms with van der Waals surface area (Å²) in [5.74, 6) is 0.431. The molecule has 0 heterocycles. The van der Waals surface area contributed by atoms with Crippen LogP contribution in [0.1, 0.15) is 5.56 Å². The highest BCUT2D eigenvalue weighted by molar-refractivity contribution is 6.32. The quantitative estimate of drug-likeness (QED) is 0.879. The van der Waals surface area contributed by atoms with Crippen molar-refractivity contribution in [2.45, 2.75) is 6.54 Å². The molecule has 0 saturated carbocycles. The SMILES string of the molecule is COc1c(Cl)cccc1NC(=O)NCc1ccc(Cl)cc1. The third kappa shape index (κ3) is 4.28. The van der Waals surface area contributed by atoms with E-state index in [0.717, 1.165) is 5.56 Å². The van der Waals surface area contributed by atoms with Gasteiger partial charge in [0.25, 0.3) is 0 Å². The van der Waals surface area contributed by atoms with Crippen molar-refractivity contribution in [3.05, 3.63) is 58.1 Å². The molecule has 0 aliphatic carbocycles. The Balaban J connectivity index is 1.96. The summed E-state index contributed by atoms with van der Waals surface area (Å²) < 4.78 is 5.16. The Labute approximate surface area is 133 Å². The number of benzene rings is 2. The lowest BCUT2D eigenvalue weighted by molar-refractivity contribution is 0.251. The number of carbonyl (C=O) groups excluding carboxylic acids is 1. The number of urea groups is 1. The number of rotatable bonds is 4. The summed E-state index contributed by atoms with van der Waals surface area (Å²) in [7, 11) is 1.50. The molecule has 0 fully saturated rings. The first kappa shape index (κ1) is 15.5. The molecule has 110 valence electrons. The first-order valence-corrected chi connectivity index (χ1v) is 6.97. The lowest BCUT2D eigenvalue weighted by atomic mass is 10.2. The fourth-order valence-corrected chi connectivity index (χ4v) is 2.14. The van der Waals surface area contributed by atoms with Gasteiger partial charge in [-0.05, 0) is 29.8 Å². The fourth-order valence-electron chi connectivity index (χ4n) is 1.77. The minimum atomic E-state index is -0.342. The van der Waals surface area contributed by atoms with Crippen molar-refractivity contribution in [3.63, 3.8) is 0 Å². The summed E-state index contributed by atoms with van der Waals surface area (Å²) in [5.41, 5.74) is 1.46. The molecular weight excluding hydrogens is 311 g/mol. The lowest BCUT2D eigenvalue weighted by Gasteiger charge is -2.12. The highest BCUT2D eigenvalue weighted by Gasteiger charge is 2.10. The number of methoxy groups -OCH3 is 1. The van der Waals surface area contributed by atoms with Gasteiger partial charge in [-0.25, -0.2) is 4.79 Å². The molecule has 2 aromatic rings. The van der Waals surface area contributed by atoms with Crippen LogP contribution in [0.3, 0.4) is 0 Å². The van der Waals surface area contributed by atoms with E-state index in [1.54, 1.807) is 30.3 Å². The standard InChI is InChI=1S/C15H14Cl2N2O2/c1-21-14-12(17)3-2-4-13(14)19-15(20)18-9-10-5-7-11(16)8-6-10/h2-8H,9H2,1H3,(H2,18,19,20). The molecule has 0 saturated heterocycles. The zero-order chi connectivity index (χ0) is 15.2. The van der Waals surface area contributed by atoms with Gasteiger partial charge in [0.1, 0.15) is 0 Å². The van der Waals surface area contributed by atoms with Crippen LogP contribution in [0.25, 0.3) is 0 Å². The smallest absolute Gasteiger partial charge is 0.319 e. The Bertz CT molecular complexity index is 630. The van der Waals surface area contributed by atoms with Crippen molar-refractivity contribution in [3.8, 4) is 5.75 Å². The molecule has 2 N–H and O–H groups in total. The molecule has 21 heavy (non-hydrogen) atoms. The van der Waals surface area contributed by atoms with Gasteiger partial charge in [-0.3, -0.25) is 0 Å². The van der Waals surface area contributed by atoms with Gasteiger partial charge in [0, 0.05) is 11.6 Å². The minimum Gasteiger partial charge on any atom is -0.493 e. The summed E-state index contributed by atoms with van der Waals surface area (Å²) >= 11 is 11.8. The number of halogens is 2. The molecule has 0 bridgehead atoms. The molecule has 0 atom stereocenters. The van der Waals surface area contributed by atoms with Crippen LogP contribution in [0, 0.1) is 0 Å². The molecule has 0 aliphatic heterocycles. The zero-order valence-corrected chi connectivity index (χ0v) is 12.8. The third-order valence-electron chi connectivity index (χ3n) is 2.79. The molecule has 0 aliphatic rings. The van der Waals surface area contributed by atoms with Gasteiger partial charge in [-0.1, -0.05) is 41.4 Å². The van der Waals surface area contributed by atoms with Crippen molar-refractivity contribution in [1.29, 1.82) is 0 Å². The second-order valence-corrected chi connectivity index (χ2v) is 5.10. The summed E-state index contributed by atoms with van der Waals surface area (Å²) in [6.07, 6.45) is 0. The first-order valence-electron chi connectivity index (χ1n) is 6.22. The normalized spacial score (nSPS) is 10.0.